The SMILES string of the molecule is [B]c1ccc(-c2nc(C3C=NN(C)C3)ccc2OC(=C)C(C)C)cc1. The molecule has 1 unspecified atom stereocenters. The van der Waals surface area contributed by atoms with Gasteiger partial charge in [0.25, 0.3) is 0 Å². The second-order valence-corrected chi connectivity index (χ2v) is 6.64. The van der Waals surface area contributed by atoms with Gasteiger partial charge in [0.15, 0.2) is 5.75 Å². The van der Waals surface area contributed by atoms with E-state index >= 15 is 0 Å². The Balaban J connectivity index is 2.01. The summed E-state index contributed by atoms with van der Waals surface area (Å²) in [5, 5.41) is 6.23. The third-order valence-corrected chi connectivity index (χ3v) is 4.23. The van der Waals surface area contributed by atoms with Crippen molar-refractivity contribution in [2.45, 2.75) is 19.8 Å². The number of ether oxygens (including phenoxy) is 1. The van der Waals surface area contributed by atoms with Gasteiger partial charge in [0.2, 0.25) is 0 Å². The maximum atomic E-state index is 6.00. The van der Waals surface area contributed by atoms with Crippen LogP contribution in [0.5, 0.6) is 5.75 Å². The molecule has 2 aromatic rings. The molecule has 0 bridgehead atoms. The number of hydrogen-bond acceptors (Lipinski definition) is 4. The van der Waals surface area contributed by atoms with Gasteiger partial charge in [-0.25, -0.2) is 4.98 Å². The molecule has 1 atom stereocenters. The van der Waals surface area contributed by atoms with E-state index in [9.17, 15) is 0 Å². The van der Waals surface area contributed by atoms with Gasteiger partial charge >= 0.3 is 0 Å². The van der Waals surface area contributed by atoms with Crippen molar-refractivity contribution in [2.75, 3.05) is 13.6 Å². The number of likely N-dealkylation sites (N-methyl/N-ethyl adjacent to an activating group) is 1. The molecule has 126 valence electrons. The van der Waals surface area contributed by atoms with E-state index in [-0.39, 0.29) is 11.8 Å². The Labute approximate surface area is 150 Å². The third-order valence-electron chi connectivity index (χ3n) is 4.23. The highest BCUT2D eigenvalue weighted by Crippen LogP contribution is 2.32. The number of hydrogen-bond donors (Lipinski definition) is 0. The molecule has 2 radical (unpaired) electrons. The predicted octanol–water partition coefficient (Wildman–Crippen LogP) is 3.11. The molecule has 0 spiro atoms. The molecule has 1 aromatic carbocycles. The zero-order valence-corrected chi connectivity index (χ0v) is 14.9. The van der Waals surface area contributed by atoms with Crippen molar-refractivity contribution in [3.63, 3.8) is 0 Å². The van der Waals surface area contributed by atoms with Crippen molar-refractivity contribution in [3.8, 4) is 17.0 Å². The van der Waals surface area contributed by atoms with Gasteiger partial charge in [0.1, 0.15) is 13.5 Å². The van der Waals surface area contributed by atoms with E-state index < -0.39 is 0 Å². The van der Waals surface area contributed by atoms with Crippen LogP contribution < -0.4 is 10.2 Å². The maximum Gasteiger partial charge on any atom is 0.153 e. The van der Waals surface area contributed by atoms with Gasteiger partial charge < -0.3 is 4.74 Å². The summed E-state index contributed by atoms with van der Waals surface area (Å²) >= 11 is 0. The average molecular weight is 331 g/mol. The highest BCUT2D eigenvalue weighted by molar-refractivity contribution is 6.32. The van der Waals surface area contributed by atoms with Crippen molar-refractivity contribution >= 4 is 19.5 Å². The van der Waals surface area contributed by atoms with E-state index in [0.29, 0.717) is 11.5 Å². The fourth-order valence-corrected chi connectivity index (χ4v) is 2.60. The second-order valence-electron chi connectivity index (χ2n) is 6.64. The predicted molar refractivity (Wildman–Crippen MR) is 104 cm³/mol. The monoisotopic (exact) mass is 331 g/mol. The van der Waals surface area contributed by atoms with Gasteiger partial charge in [-0.3, -0.25) is 5.01 Å². The minimum absolute atomic E-state index is 0.180. The van der Waals surface area contributed by atoms with Crippen LogP contribution in [0.2, 0.25) is 0 Å². The van der Waals surface area contributed by atoms with Crippen LogP contribution in [0.3, 0.4) is 0 Å². The highest BCUT2D eigenvalue weighted by Gasteiger charge is 2.21. The first-order valence-electron chi connectivity index (χ1n) is 8.43. The number of rotatable bonds is 5. The lowest BCUT2D eigenvalue weighted by Gasteiger charge is -2.17. The molecule has 0 fully saturated rings. The Morgan fingerprint density at radius 3 is 2.56 bits per heavy atom. The zero-order valence-electron chi connectivity index (χ0n) is 14.9. The third kappa shape index (κ3) is 3.93. The first kappa shape index (κ1) is 17.3. The lowest BCUT2D eigenvalue weighted by atomic mass is 9.94. The number of aromatic nitrogens is 1. The summed E-state index contributed by atoms with van der Waals surface area (Å²) in [7, 11) is 7.78. The number of nitrogens with zero attached hydrogens (tertiary/aromatic N) is 3. The van der Waals surface area contributed by atoms with Crippen LogP contribution in [0.25, 0.3) is 11.3 Å². The van der Waals surface area contributed by atoms with Crippen LogP contribution in [0.1, 0.15) is 25.5 Å². The molecular weight excluding hydrogens is 309 g/mol. The maximum absolute atomic E-state index is 6.00. The molecular formula is C20H22BN3O. The Kier molecular flexibility index (Phi) is 4.93. The van der Waals surface area contributed by atoms with Crippen molar-refractivity contribution in [1.82, 2.24) is 9.99 Å². The topological polar surface area (TPSA) is 37.7 Å². The zero-order chi connectivity index (χ0) is 18.0. The Morgan fingerprint density at radius 1 is 1.24 bits per heavy atom. The number of benzene rings is 1. The Bertz CT molecular complexity index is 799. The molecule has 1 aliphatic rings. The van der Waals surface area contributed by atoms with Crippen LogP contribution in [-0.2, 0) is 0 Å². The largest absolute Gasteiger partial charge is 0.460 e. The number of pyridine rings is 1. The van der Waals surface area contributed by atoms with Crippen molar-refractivity contribution in [2.24, 2.45) is 11.0 Å². The van der Waals surface area contributed by atoms with E-state index in [1.165, 1.54) is 0 Å². The summed E-state index contributed by atoms with van der Waals surface area (Å²) in [5.74, 6) is 1.83. The van der Waals surface area contributed by atoms with E-state index in [1.807, 2.05) is 54.7 Å². The molecule has 1 aromatic heterocycles. The molecule has 2 heterocycles. The van der Waals surface area contributed by atoms with Crippen molar-refractivity contribution in [3.05, 3.63) is 54.4 Å². The van der Waals surface area contributed by atoms with Crippen LogP contribution in [0, 0.1) is 5.92 Å². The summed E-state index contributed by atoms with van der Waals surface area (Å²) in [6.07, 6.45) is 1.93. The molecule has 4 nitrogen and oxygen atoms in total. The van der Waals surface area contributed by atoms with Crippen LogP contribution in [0.4, 0.5) is 0 Å². The van der Waals surface area contributed by atoms with Gasteiger partial charge in [0.05, 0.1) is 17.4 Å². The van der Waals surface area contributed by atoms with E-state index in [0.717, 1.165) is 29.0 Å². The number of allylic oxidation sites excluding steroid dienone is 1. The van der Waals surface area contributed by atoms with E-state index in [4.69, 9.17) is 17.6 Å². The molecule has 25 heavy (non-hydrogen) atoms. The first-order chi connectivity index (χ1) is 11.9. The summed E-state index contributed by atoms with van der Waals surface area (Å²) in [4.78, 5) is 4.88. The molecule has 0 amide bonds. The van der Waals surface area contributed by atoms with Gasteiger partial charge in [-0.15, -0.1) is 0 Å². The van der Waals surface area contributed by atoms with Crippen molar-refractivity contribution < 1.29 is 4.74 Å². The summed E-state index contributed by atoms with van der Waals surface area (Å²) in [6.45, 7) is 8.94. The van der Waals surface area contributed by atoms with E-state index in [2.05, 4.69) is 25.5 Å². The molecule has 5 heteroatoms. The fraction of sp³-hybridized carbons (Fsp3) is 0.300. The van der Waals surface area contributed by atoms with Crippen LogP contribution in [0.15, 0.2) is 53.8 Å². The Morgan fingerprint density at radius 2 is 1.96 bits per heavy atom. The smallest absolute Gasteiger partial charge is 0.153 e. The first-order valence-corrected chi connectivity index (χ1v) is 8.43. The molecule has 0 saturated heterocycles. The van der Waals surface area contributed by atoms with Crippen LogP contribution >= 0.6 is 0 Å². The minimum atomic E-state index is 0.180. The average Bonchev–Trinajstić information content (AvgIpc) is 3.02. The van der Waals surface area contributed by atoms with Crippen LogP contribution in [-0.4, -0.2) is 37.6 Å². The molecule has 3 rings (SSSR count). The van der Waals surface area contributed by atoms with Crippen molar-refractivity contribution in [1.29, 1.82) is 0 Å². The molecule has 0 N–H and O–H groups in total. The molecule has 0 aliphatic carbocycles. The van der Waals surface area contributed by atoms with Gasteiger partial charge in [-0.1, -0.05) is 50.2 Å². The summed E-state index contributed by atoms with van der Waals surface area (Å²) in [5.41, 5.74) is 3.45. The second kappa shape index (κ2) is 7.13. The minimum Gasteiger partial charge on any atom is -0.460 e. The molecule has 1 aliphatic heterocycles. The lowest BCUT2D eigenvalue weighted by molar-refractivity contribution is 0.370. The van der Waals surface area contributed by atoms with Gasteiger partial charge in [-0.05, 0) is 12.1 Å². The normalized spacial score (nSPS) is 16.5. The standard InChI is InChI=1S/C20H22BN3O/c1-13(2)14(3)25-19-10-9-18(16-11-22-24(4)12-16)23-20(19)15-5-7-17(21)8-6-15/h5-11,13,16H,3,12H2,1-2,4H3. The van der Waals surface area contributed by atoms with Gasteiger partial charge in [0, 0.05) is 31.3 Å². The molecule has 0 saturated carbocycles. The summed E-state index contributed by atoms with van der Waals surface area (Å²) in [6, 6.07) is 11.6. The van der Waals surface area contributed by atoms with E-state index in [1.54, 1.807) is 0 Å². The summed E-state index contributed by atoms with van der Waals surface area (Å²) < 4.78 is 6.00. The Hall–Kier alpha value is -2.56. The number of hydrazone groups is 1. The quantitative estimate of drug-likeness (QED) is 0.624. The fourth-order valence-electron chi connectivity index (χ4n) is 2.60. The van der Waals surface area contributed by atoms with Gasteiger partial charge in [-0.2, -0.15) is 5.10 Å². The highest BCUT2D eigenvalue weighted by atomic mass is 16.5. The lowest BCUT2D eigenvalue weighted by Crippen LogP contribution is -2.13.